The standard InChI is InChI=1S/C41H37FN4O15/c1-4-6-27(17-7-10-28(25(11-17)46(56)57)59-38-34(49)32(47)33(48)35(61-38)37(51)52)60-40(54)44-23-9-8-18-16(3)22(42)13-24-29(18)30(23)19-14-45-26(31(19)43-24)12-21-20(36(45)50)15-58-39(53)41(21,55)5-2/h1,7,10-13,23,27,32-35,38,47-49,55H,5-6,8-9,14-15H2,2-3H3,(H,44,54)(H,51,52)/t23-,27?,32?,33?,34?,35?,38?,41-/m0/s1. The second-order valence-electron chi connectivity index (χ2n) is 15.2. The SMILES string of the molecule is C#CCC(OC(=O)N[C@H]1CCc2c(C)c(F)cc3nc4c(c1c23)Cn1c-4cc2c(c1=O)COC(=O)[C@]2(O)CC)c1ccc(OC2OC(C(=O)O)C(O)C(O)C2O)c([N+](=O)[O-])c1. The van der Waals surface area contributed by atoms with E-state index in [-0.39, 0.29) is 66.0 Å². The monoisotopic (exact) mass is 844 g/mol. The number of aromatic nitrogens is 2. The number of halogens is 1. The first kappa shape index (κ1) is 41.2. The Labute approximate surface area is 343 Å². The van der Waals surface area contributed by atoms with Crippen LogP contribution in [0.25, 0.3) is 22.3 Å². The smallest absolute Gasteiger partial charge is 0.408 e. The fourth-order valence-corrected chi connectivity index (χ4v) is 8.59. The summed E-state index contributed by atoms with van der Waals surface area (Å²) < 4.78 is 38.3. The molecule has 20 heteroatoms. The Morgan fingerprint density at radius 3 is 2.61 bits per heavy atom. The minimum Gasteiger partial charge on any atom is -0.479 e. The Hall–Kier alpha value is -6.50. The highest BCUT2D eigenvalue weighted by atomic mass is 19.1. The van der Waals surface area contributed by atoms with E-state index >= 15 is 4.39 Å². The van der Waals surface area contributed by atoms with E-state index in [0.29, 0.717) is 34.1 Å². The van der Waals surface area contributed by atoms with E-state index in [9.17, 15) is 54.8 Å². The lowest BCUT2D eigenvalue weighted by molar-refractivity contribution is -0.387. The molecule has 61 heavy (non-hydrogen) atoms. The van der Waals surface area contributed by atoms with E-state index < -0.39 is 94.2 Å². The Kier molecular flexibility index (Phi) is 10.3. The highest BCUT2D eigenvalue weighted by Gasteiger charge is 2.49. The van der Waals surface area contributed by atoms with Crippen molar-refractivity contribution in [1.82, 2.24) is 14.9 Å². The number of aryl methyl sites for hydroxylation is 1. The second kappa shape index (κ2) is 15.2. The highest BCUT2D eigenvalue weighted by molar-refractivity contribution is 5.93. The third-order valence-corrected chi connectivity index (χ3v) is 11.8. The van der Waals surface area contributed by atoms with E-state index in [2.05, 4.69) is 11.2 Å². The number of pyridine rings is 2. The molecule has 1 aliphatic carbocycles. The van der Waals surface area contributed by atoms with Crippen molar-refractivity contribution in [2.24, 2.45) is 0 Å². The van der Waals surface area contributed by atoms with Gasteiger partial charge in [-0.25, -0.2) is 23.8 Å². The zero-order valence-corrected chi connectivity index (χ0v) is 32.3. The molecule has 6 N–H and O–H groups in total. The molecule has 0 bridgehead atoms. The molecule has 4 aliphatic rings. The van der Waals surface area contributed by atoms with Crippen molar-refractivity contribution < 1.29 is 68.2 Å². The number of hydrogen-bond acceptors (Lipinski definition) is 15. The van der Waals surface area contributed by atoms with Crippen molar-refractivity contribution in [3.63, 3.8) is 0 Å². The summed E-state index contributed by atoms with van der Waals surface area (Å²) in [6, 6.07) is 5.31. The molecule has 1 saturated heterocycles. The van der Waals surface area contributed by atoms with Gasteiger partial charge in [-0.3, -0.25) is 14.9 Å². The molecule has 2 aromatic heterocycles. The lowest BCUT2D eigenvalue weighted by atomic mass is 9.81. The molecule has 1 fully saturated rings. The molecule has 6 unspecified atom stereocenters. The third-order valence-electron chi connectivity index (χ3n) is 11.8. The molecule has 19 nitrogen and oxygen atoms in total. The molecule has 3 aliphatic heterocycles. The Balaban J connectivity index is 1.12. The van der Waals surface area contributed by atoms with Crippen LogP contribution in [0.5, 0.6) is 5.75 Å². The van der Waals surface area contributed by atoms with Crippen molar-refractivity contribution in [3.05, 3.63) is 95.6 Å². The Morgan fingerprint density at radius 1 is 1.16 bits per heavy atom. The molecule has 0 radical (unpaired) electrons. The number of ether oxygens (including phenoxy) is 4. The van der Waals surface area contributed by atoms with Crippen molar-refractivity contribution >= 4 is 34.6 Å². The van der Waals surface area contributed by atoms with Gasteiger partial charge in [0.1, 0.15) is 36.8 Å². The van der Waals surface area contributed by atoms with Gasteiger partial charge >= 0.3 is 23.7 Å². The number of nitro groups is 1. The van der Waals surface area contributed by atoms with Crippen LogP contribution >= 0.6 is 0 Å². The predicted octanol–water partition coefficient (Wildman–Crippen LogP) is 2.18. The number of cyclic esters (lactones) is 1. The number of nitrogens with one attached hydrogen (secondary N) is 1. The van der Waals surface area contributed by atoms with Gasteiger partial charge in [-0.2, -0.15) is 0 Å². The van der Waals surface area contributed by atoms with Crippen LogP contribution < -0.4 is 15.6 Å². The molecule has 0 saturated carbocycles. The first-order valence-electron chi connectivity index (χ1n) is 19.1. The minimum atomic E-state index is -2.09. The summed E-state index contributed by atoms with van der Waals surface area (Å²) in [7, 11) is 0. The Morgan fingerprint density at radius 2 is 1.92 bits per heavy atom. The molecule has 5 heterocycles. The van der Waals surface area contributed by atoms with Crippen LogP contribution in [-0.4, -0.2) is 88.7 Å². The van der Waals surface area contributed by atoms with Gasteiger partial charge in [0.05, 0.1) is 46.4 Å². The van der Waals surface area contributed by atoms with E-state index in [0.717, 1.165) is 12.1 Å². The molecule has 4 aromatic rings. The number of aliphatic hydroxyl groups is 4. The first-order chi connectivity index (χ1) is 29.0. The summed E-state index contributed by atoms with van der Waals surface area (Å²) in [5, 5.41) is 66.9. The normalized spacial score (nSPS) is 25.3. The number of alkyl carbamates (subject to hydrolysis) is 1. The maximum atomic E-state index is 15.4. The molecule has 318 valence electrons. The maximum Gasteiger partial charge on any atom is 0.408 e. The molecule has 1 amide bonds. The number of fused-ring (bicyclic) bond motifs is 5. The topological polar surface area (TPSA) is 279 Å². The van der Waals surface area contributed by atoms with Crippen LogP contribution in [0.3, 0.4) is 0 Å². The molecule has 8 rings (SSSR count). The van der Waals surface area contributed by atoms with E-state index in [4.69, 9.17) is 30.4 Å². The summed E-state index contributed by atoms with van der Waals surface area (Å²) in [5.41, 5.74) is -0.205. The zero-order valence-electron chi connectivity index (χ0n) is 32.3. The van der Waals surface area contributed by atoms with Gasteiger partial charge < -0.3 is 54.4 Å². The number of amides is 1. The van der Waals surface area contributed by atoms with Crippen LogP contribution in [0, 0.1) is 35.2 Å². The third kappa shape index (κ3) is 6.61. The van der Waals surface area contributed by atoms with Crippen LogP contribution in [0.4, 0.5) is 14.9 Å². The average Bonchev–Trinajstić information content (AvgIpc) is 3.60. The fourth-order valence-electron chi connectivity index (χ4n) is 8.59. The number of aliphatic hydroxyl groups excluding tert-OH is 3. The maximum absolute atomic E-state index is 15.4. The number of nitro benzene ring substituents is 1. The number of terminal acetylenes is 1. The molecule has 8 atom stereocenters. The van der Waals surface area contributed by atoms with Crippen LogP contribution in [0.2, 0.25) is 0 Å². The largest absolute Gasteiger partial charge is 0.479 e. The predicted molar refractivity (Wildman–Crippen MR) is 204 cm³/mol. The zero-order chi connectivity index (χ0) is 43.8. The minimum absolute atomic E-state index is 0.0200. The van der Waals surface area contributed by atoms with Crippen molar-refractivity contribution in [1.29, 1.82) is 0 Å². The number of rotatable bonds is 9. The van der Waals surface area contributed by atoms with Crippen LogP contribution in [0.1, 0.15) is 77.3 Å². The lowest BCUT2D eigenvalue weighted by Crippen LogP contribution is -2.61. The number of hydrogen-bond donors (Lipinski definition) is 6. The van der Waals surface area contributed by atoms with Gasteiger partial charge in [0, 0.05) is 34.2 Å². The second-order valence-corrected chi connectivity index (χ2v) is 15.2. The number of carbonyl (C=O) groups is 3. The van der Waals surface area contributed by atoms with Gasteiger partial charge in [0.15, 0.2) is 17.5 Å². The summed E-state index contributed by atoms with van der Waals surface area (Å²) in [5.74, 6) is -1.26. The number of carboxylic acid groups (broad SMARTS) is 1. The van der Waals surface area contributed by atoms with Gasteiger partial charge in [-0.05, 0) is 55.0 Å². The van der Waals surface area contributed by atoms with Gasteiger partial charge in [-0.1, -0.05) is 13.0 Å². The van der Waals surface area contributed by atoms with Gasteiger partial charge in [0.2, 0.25) is 6.29 Å². The number of benzene rings is 2. The van der Waals surface area contributed by atoms with Gasteiger partial charge in [-0.15, -0.1) is 12.3 Å². The van der Waals surface area contributed by atoms with Crippen molar-refractivity contribution in [2.75, 3.05) is 0 Å². The summed E-state index contributed by atoms with van der Waals surface area (Å²) in [4.78, 5) is 68.2. The number of esters is 1. The number of carboxylic acids is 1. The summed E-state index contributed by atoms with van der Waals surface area (Å²) >= 11 is 0. The number of nitrogens with zero attached hydrogens (tertiary/aromatic N) is 3. The fraction of sp³-hybridized carbons (Fsp3) is 0.390. The summed E-state index contributed by atoms with van der Waals surface area (Å²) in [6.45, 7) is 2.83. The number of aliphatic carboxylic acids is 1. The molecular formula is C41H37FN4O15. The lowest BCUT2D eigenvalue weighted by Gasteiger charge is -2.38. The number of carbonyl (C=O) groups excluding carboxylic acids is 2. The van der Waals surface area contributed by atoms with E-state index in [1.165, 1.54) is 22.8 Å². The summed E-state index contributed by atoms with van der Waals surface area (Å²) in [6.07, 6.45) is -6.51. The van der Waals surface area contributed by atoms with Crippen LogP contribution in [0.15, 0.2) is 35.1 Å². The first-order valence-corrected chi connectivity index (χ1v) is 19.1. The molecular weight excluding hydrogens is 807 g/mol. The molecule has 2 aromatic carbocycles. The average molecular weight is 845 g/mol. The van der Waals surface area contributed by atoms with Crippen molar-refractivity contribution in [3.8, 4) is 29.5 Å². The van der Waals surface area contributed by atoms with E-state index in [1.54, 1.807) is 13.8 Å². The molecule has 0 spiro atoms. The van der Waals surface area contributed by atoms with E-state index in [1.807, 2.05) is 0 Å². The highest BCUT2D eigenvalue weighted by Crippen LogP contribution is 2.46. The van der Waals surface area contributed by atoms with Crippen LogP contribution in [-0.2, 0) is 49.0 Å². The quantitative estimate of drug-likeness (QED) is 0.0537. The van der Waals surface area contributed by atoms with Crippen molar-refractivity contribution in [2.45, 2.75) is 101 Å². The van der Waals surface area contributed by atoms with Gasteiger partial charge in [0.25, 0.3) is 5.56 Å². The Bertz CT molecular complexity index is 2680.